The summed E-state index contributed by atoms with van der Waals surface area (Å²) in [6, 6.07) is 81.4. The first kappa shape index (κ1) is 42.6. The monoisotopic (exact) mass is 947 g/mol. The third kappa shape index (κ3) is 7.55. The van der Waals surface area contributed by atoms with Crippen LogP contribution in [0, 0.1) is 0 Å². The normalized spacial score (nSPS) is 11.5. The van der Waals surface area contributed by atoms with Crippen LogP contribution in [-0.2, 0) is 0 Å². The van der Waals surface area contributed by atoms with Crippen LogP contribution in [0.15, 0.2) is 249 Å². The predicted octanol–water partition coefficient (Wildman–Crippen LogP) is 15.3. The zero-order chi connectivity index (χ0) is 49.0. The Labute approximate surface area is 425 Å². The lowest BCUT2D eigenvalue weighted by atomic mass is 10.0. The molecule has 0 unspecified atom stereocenters. The summed E-state index contributed by atoms with van der Waals surface area (Å²) >= 11 is 0. The summed E-state index contributed by atoms with van der Waals surface area (Å²) < 4.78 is 4.49. The van der Waals surface area contributed by atoms with Crippen LogP contribution in [0.1, 0.15) is 0 Å². The van der Waals surface area contributed by atoms with Gasteiger partial charge in [-0.05, 0) is 77.9 Å². The Bertz CT molecular complexity index is 4020. The summed E-state index contributed by atoms with van der Waals surface area (Å²) in [5.74, 6) is 4.04. The number of hydrogen-bond acceptors (Lipinski definition) is 7. The highest BCUT2D eigenvalue weighted by Crippen LogP contribution is 2.39. The van der Waals surface area contributed by atoms with Crippen molar-refractivity contribution in [2.24, 2.45) is 0 Å². The van der Waals surface area contributed by atoms with Crippen molar-refractivity contribution in [3.05, 3.63) is 249 Å². The smallest absolute Gasteiger partial charge is 0.164 e. The lowest BCUT2D eigenvalue weighted by molar-refractivity contribution is 1.05. The van der Waals surface area contributed by atoms with Gasteiger partial charge in [0.15, 0.2) is 23.3 Å². The number of rotatable bonds is 9. The van der Waals surface area contributed by atoms with E-state index < -0.39 is 0 Å². The number of para-hydroxylation sites is 2. The Kier molecular flexibility index (Phi) is 10.3. The second kappa shape index (κ2) is 17.9. The molecule has 0 aliphatic rings. The van der Waals surface area contributed by atoms with E-state index in [1.54, 1.807) is 0 Å². The first-order valence-corrected chi connectivity index (χ1v) is 24.5. The highest BCUT2D eigenvalue weighted by Gasteiger charge is 2.20. The van der Waals surface area contributed by atoms with Gasteiger partial charge in [-0.15, -0.1) is 0 Å². The number of nitrogens with zero attached hydrogens (tertiary/aromatic N) is 9. The van der Waals surface area contributed by atoms with Gasteiger partial charge in [-0.3, -0.25) is 9.13 Å². The van der Waals surface area contributed by atoms with E-state index in [-0.39, 0.29) is 0 Å². The number of aromatic nitrogens is 9. The molecule has 0 aliphatic carbocycles. The first-order valence-electron chi connectivity index (χ1n) is 24.5. The van der Waals surface area contributed by atoms with E-state index in [1.165, 1.54) is 0 Å². The van der Waals surface area contributed by atoms with E-state index in [0.29, 0.717) is 23.3 Å². The van der Waals surface area contributed by atoms with Gasteiger partial charge in [0.1, 0.15) is 11.6 Å². The molecule has 0 bridgehead atoms. The second-order valence-electron chi connectivity index (χ2n) is 18.2. The van der Waals surface area contributed by atoms with Gasteiger partial charge < -0.3 is 0 Å². The van der Waals surface area contributed by atoms with Crippen LogP contribution in [0.4, 0.5) is 0 Å². The largest absolute Gasteiger partial charge is 0.294 e. The van der Waals surface area contributed by atoms with E-state index in [0.717, 1.165) is 111 Å². The fourth-order valence-electron chi connectivity index (χ4n) is 10.2. The molecule has 14 aromatic rings. The molecule has 0 saturated heterocycles. The van der Waals surface area contributed by atoms with Crippen LogP contribution in [0.2, 0.25) is 0 Å². The Morgan fingerprint density at radius 3 is 1.08 bits per heavy atom. The molecular weight excluding hydrogens is 907 g/mol. The van der Waals surface area contributed by atoms with Crippen LogP contribution in [0.25, 0.3) is 134 Å². The van der Waals surface area contributed by atoms with Crippen molar-refractivity contribution in [3.8, 4) is 90.8 Å². The van der Waals surface area contributed by atoms with Crippen molar-refractivity contribution in [2.45, 2.75) is 0 Å². The first-order chi connectivity index (χ1) is 36.7. The Balaban J connectivity index is 0.856. The molecule has 0 amide bonds. The summed E-state index contributed by atoms with van der Waals surface area (Å²) in [6.07, 6.45) is 3.71. The minimum absolute atomic E-state index is 0.574. The maximum Gasteiger partial charge on any atom is 0.164 e. The fourth-order valence-corrected chi connectivity index (χ4v) is 10.2. The quantitative estimate of drug-likeness (QED) is 0.142. The zero-order valence-electron chi connectivity index (χ0n) is 39.7. The number of benzene rings is 8. The molecule has 9 nitrogen and oxygen atoms in total. The van der Waals surface area contributed by atoms with Crippen LogP contribution in [-0.4, -0.2) is 44.0 Å². The highest BCUT2D eigenvalue weighted by molar-refractivity contribution is 6.12. The van der Waals surface area contributed by atoms with Gasteiger partial charge in [0.25, 0.3) is 0 Å². The topological polar surface area (TPSA) is 100 Å². The molecule has 6 heterocycles. The Hall–Kier alpha value is -10.3. The van der Waals surface area contributed by atoms with Crippen molar-refractivity contribution in [3.63, 3.8) is 0 Å². The third-order valence-corrected chi connectivity index (χ3v) is 13.7. The number of fused-ring (bicyclic) bond motifs is 6. The number of pyridine rings is 2. The molecule has 0 spiro atoms. The van der Waals surface area contributed by atoms with Gasteiger partial charge in [-0.25, -0.2) is 34.9 Å². The fraction of sp³-hybridized carbons (Fsp3) is 0. The van der Waals surface area contributed by atoms with Crippen LogP contribution < -0.4 is 0 Å². The van der Waals surface area contributed by atoms with Crippen molar-refractivity contribution < 1.29 is 0 Å². The second-order valence-corrected chi connectivity index (χ2v) is 18.2. The molecular formula is C65H41N9. The number of hydrogen-bond donors (Lipinski definition) is 0. The Morgan fingerprint density at radius 2 is 0.595 bits per heavy atom. The average Bonchev–Trinajstić information content (AvgIpc) is 4.02. The minimum atomic E-state index is 0.574. The van der Waals surface area contributed by atoms with Gasteiger partial charge in [0.2, 0.25) is 0 Å². The molecule has 8 aromatic carbocycles. The maximum absolute atomic E-state index is 5.13. The minimum Gasteiger partial charge on any atom is -0.294 e. The molecule has 0 saturated carbocycles. The predicted molar refractivity (Wildman–Crippen MR) is 298 cm³/mol. The van der Waals surface area contributed by atoms with Crippen LogP contribution in [0.5, 0.6) is 0 Å². The lowest BCUT2D eigenvalue weighted by Crippen LogP contribution is -2.02. The summed E-state index contributed by atoms with van der Waals surface area (Å²) in [5, 5.41) is 4.54. The van der Waals surface area contributed by atoms with E-state index in [4.69, 9.17) is 34.9 Å². The van der Waals surface area contributed by atoms with E-state index in [1.807, 2.05) is 122 Å². The van der Waals surface area contributed by atoms with Crippen molar-refractivity contribution in [1.82, 2.24) is 44.0 Å². The zero-order valence-corrected chi connectivity index (χ0v) is 39.7. The molecule has 0 aliphatic heterocycles. The van der Waals surface area contributed by atoms with Crippen LogP contribution in [0.3, 0.4) is 0 Å². The SMILES string of the molecule is c1ccc(-c2cc(-c3ccnc(-n4c5ccccc5c5cc(-c6ccc7c(c6)c6ccccc6n7-c6cc(-c7nc(-c8ccccc8)nc(-c8ccccc8)n7)ccn6)ccc54)c3)nc(-c3ccccc3)n2)cc1. The maximum atomic E-state index is 5.13. The van der Waals surface area contributed by atoms with E-state index in [2.05, 4.69) is 137 Å². The third-order valence-electron chi connectivity index (χ3n) is 13.7. The molecule has 346 valence electrons. The highest BCUT2D eigenvalue weighted by atomic mass is 15.1. The lowest BCUT2D eigenvalue weighted by Gasteiger charge is -2.12. The molecule has 74 heavy (non-hydrogen) atoms. The molecule has 0 fully saturated rings. The Morgan fingerprint density at radius 1 is 0.230 bits per heavy atom. The van der Waals surface area contributed by atoms with Crippen molar-refractivity contribution in [1.29, 1.82) is 0 Å². The van der Waals surface area contributed by atoms with Crippen LogP contribution >= 0.6 is 0 Å². The molecule has 9 heteroatoms. The van der Waals surface area contributed by atoms with Crippen molar-refractivity contribution in [2.75, 3.05) is 0 Å². The standard InChI is InChI=1S/C65H41N9/c1-5-17-42(18-6-1)54-41-55(69-62(68-54)43-19-7-2-8-20-43)48-33-35-66-60(39-48)73-56-27-15-13-25-50(56)52-37-46(29-31-58(52)73)47-30-32-59-53(38-47)51-26-14-16-28-57(51)74(59)61-40-49(34-36-67-61)65-71-63(44-21-9-3-10-22-44)70-64(72-65)45-23-11-4-12-24-45/h1-41H. The van der Waals surface area contributed by atoms with E-state index in [9.17, 15) is 0 Å². The molecule has 0 atom stereocenters. The van der Waals surface area contributed by atoms with Gasteiger partial charge in [0, 0.05) is 67.3 Å². The van der Waals surface area contributed by atoms with Gasteiger partial charge in [-0.2, -0.15) is 0 Å². The summed E-state index contributed by atoms with van der Waals surface area (Å²) in [6.45, 7) is 0. The van der Waals surface area contributed by atoms with E-state index >= 15 is 0 Å². The summed E-state index contributed by atoms with van der Waals surface area (Å²) in [7, 11) is 0. The molecule has 6 aromatic heterocycles. The molecule has 0 N–H and O–H groups in total. The van der Waals surface area contributed by atoms with Gasteiger partial charge in [0.05, 0.1) is 33.5 Å². The van der Waals surface area contributed by atoms with Gasteiger partial charge >= 0.3 is 0 Å². The molecule has 0 radical (unpaired) electrons. The average molecular weight is 948 g/mol. The summed E-state index contributed by atoms with van der Waals surface area (Å²) in [4.78, 5) is 35.1. The van der Waals surface area contributed by atoms with Gasteiger partial charge in [-0.1, -0.05) is 170 Å². The summed E-state index contributed by atoms with van der Waals surface area (Å²) in [5.41, 5.74) is 13.7. The van der Waals surface area contributed by atoms with Crippen molar-refractivity contribution >= 4 is 43.6 Å². The molecule has 14 rings (SSSR count).